The maximum Gasteiger partial charge on any atom is 0.305 e. The van der Waals surface area contributed by atoms with Crippen LogP contribution in [-0.2, 0) is 49.7 Å². The molecule has 0 aliphatic heterocycles. The van der Waals surface area contributed by atoms with E-state index < -0.39 is 108 Å². The lowest BCUT2D eigenvalue weighted by Crippen LogP contribution is -2.61. The van der Waals surface area contributed by atoms with Gasteiger partial charge in [0, 0.05) is 25.6 Å². The third kappa shape index (κ3) is 25.9. The molecular formula is C49H84N14O10. The monoisotopic (exact) mass is 1030 g/mol. The fraction of sp³-hybridized carbons (Fsp3) is 0.653. The number of amidine groups is 1. The van der Waals surface area contributed by atoms with E-state index in [1.807, 2.05) is 27.7 Å². The van der Waals surface area contributed by atoms with Crippen molar-refractivity contribution in [3.8, 4) is 0 Å². The summed E-state index contributed by atoms with van der Waals surface area (Å²) in [5.74, 6) is -8.33. The van der Waals surface area contributed by atoms with Gasteiger partial charge < -0.3 is 70.6 Å². The number of carboxylic acids is 1. The van der Waals surface area contributed by atoms with Crippen molar-refractivity contribution < 1.29 is 48.3 Å². The molecular weight excluding hydrogens is 945 g/mol. The Labute approximate surface area is 429 Å². The third-order valence-electron chi connectivity index (χ3n) is 11.2. The fourth-order valence-electron chi connectivity index (χ4n) is 7.53. The van der Waals surface area contributed by atoms with Crippen molar-refractivity contribution in [3.63, 3.8) is 0 Å². The molecule has 24 nitrogen and oxygen atoms in total. The molecule has 24 heteroatoms. The number of rotatable bonds is 34. The number of carboxylic acid groups (broad SMARTS) is 1. The van der Waals surface area contributed by atoms with Crippen molar-refractivity contribution in [1.82, 2.24) is 42.5 Å². The lowest BCUT2D eigenvalue weighted by Gasteiger charge is -2.29. The maximum absolute atomic E-state index is 14.3. The summed E-state index contributed by atoms with van der Waals surface area (Å²) in [6, 6.07) is -1.91. The molecule has 1 rings (SSSR count). The van der Waals surface area contributed by atoms with E-state index >= 15 is 0 Å². The number of unbranched alkanes of at least 4 members (excludes halogenated alkanes) is 1. The van der Waals surface area contributed by atoms with Crippen LogP contribution in [0.1, 0.15) is 131 Å². The van der Waals surface area contributed by atoms with Crippen LogP contribution in [-0.4, -0.2) is 126 Å². The summed E-state index contributed by atoms with van der Waals surface area (Å²) in [4.78, 5) is 125. The Hall–Kier alpha value is -6.85. The first-order valence-electron chi connectivity index (χ1n) is 24.9. The lowest BCUT2D eigenvalue weighted by atomic mass is 9.98. The summed E-state index contributed by atoms with van der Waals surface area (Å²) >= 11 is 0. The summed E-state index contributed by atoms with van der Waals surface area (Å²) in [5, 5.41) is 38.4. The van der Waals surface area contributed by atoms with Crippen molar-refractivity contribution in [2.45, 2.75) is 169 Å². The summed E-state index contributed by atoms with van der Waals surface area (Å²) in [5.41, 5.74) is 23.6. The number of carbonyl (C=O) groups excluding carboxylic acids is 8. The minimum Gasteiger partial charge on any atom is -0.481 e. The highest BCUT2D eigenvalue weighted by atomic mass is 16.4. The Morgan fingerprint density at radius 1 is 0.562 bits per heavy atom. The SMILES string of the molecule is CC(=O)N[C@@H](CC(=O)O)C(=O)N[C@@H](CC(C)C)C(=O)N[C@@H](CC(C)C)C(=O)N[C@@H](CC(C)C)C(=O)N[C@@H](CCCN=C(N)N)C(=O)N[C@H](C(=O)N[C@@H](CCCCN)C(=O)NCc1ccc(C(=N)N)cc1)C(C)C. The van der Waals surface area contributed by atoms with Gasteiger partial charge in [0.1, 0.15) is 48.1 Å². The van der Waals surface area contributed by atoms with E-state index in [1.54, 1.807) is 52.0 Å². The van der Waals surface area contributed by atoms with Gasteiger partial charge in [-0.15, -0.1) is 0 Å². The molecule has 73 heavy (non-hydrogen) atoms. The average Bonchev–Trinajstić information content (AvgIpc) is 3.28. The number of nitrogens with two attached hydrogens (primary N) is 4. The minimum absolute atomic E-state index is 0.00903. The molecule has 0 spiro atoms. The molecule has 0 heterocycles. The molecule has 0 fully saturated rings. The third-order valence-corrected chi connectivity index (χ3v) is 11.2. The van der Waals surface area contributed by atoms with Crippen LogP contribution in [0.3, 0.4) is 0 Å². The Balaban J connectivity index is 3.46. The maximum atomic E-state index is 14.3. The van der Waals surface area contributed by atoms with E-state index in [9.17, 15) is 48.3 Å². The van der Waals surface area contributed by atoms with E-state index in [4.69, 9.17) is 28.3 Å². The van der Waals surface area contributed by atoms with Crippen LogP contribution in [0.25, 0.3) is 0 Å². The van der Waals surface area contributed by atoms with Gasteiger partial charge in [0.25, 0.3) is 0 Å². The normalized spacial score (nSPS) is 14.1. The van der Waals surface area contributed by atoms with Gasteiger partial charge in [-0.25, -0.2) is 0 Å². The van der Waals surface area contributed by atoms with Crippen molar-refractivity contribution in [3.05, 3.63) is 35.4 Å². The van der Waals surface area contributed by atoms with E-state index in [-0.39, 0.29) is 81.2 Å². The molecule has 1 aromatic carbocycles. The molecule has 0 bridgehead atoms. The van der Waals surface area contributed by atoms with Gasteiger partial charge in [0.05, 0.1) is 6.42 Å². The molecule has 8 amide bonds. The van der Waals surface area contributed by atoms with Crippen LogP contribution >= 0.6 is 0 Å². The molecule has 0 aliphatic rings. The summed E-state index contributed by atoms with van der Waals surface area (Å²) in [6.07, 6.45) is 1.07. The van der Waals surface area contributed by atoms with Crippen LogP contribution in [0.2, 0.25) is 0 Å². The lowest BCUT2D eigenvalue weighted by molar-refractivity contribution is -0.141. The van der Waals surface area contributed by atoms with E-state index in [0.717, 1.165) is 12.5 Å². The minimum atomic E-state index is -1.48. The number of amides is 8. The quantitative estimate of drug-likeness (QED) is 0.0234. The molecule has 0 saturated heterocycles. The topological polar surface area (TPSA) is 410 Å². The van der Waals surface area contributed by atoms with Crippen molar-refractivity contribution in [1.29, 1.82) is 5.41 Å². The van der Waals surface area contributed by atoms with Crippen LogP contribution in [0.5, 0.6) is 0 Å². The highest BCUT2D eigenvalue weighted by Crippen LogP contribution is 2.14. The van der Waals surface area contributed by atoms with Gasteiger partial charge in [0.2, 0.25) is 47.3 Å². The van der Waals surface area contributed by atoms with Gasteiger partial charge in [-0.1, -0.05) is 79.7 Å². The van der Waals surface area contributed by atoms with E-state index in [0.29, 0.717) is 24.9 Å². The van der Waals surface area contributed by atoms with Gasteiger partial charge in [-0.05, 0) is 87.1 Å². The zero-order chi connectivity index (χ0) is 55.5. The largest absolute Gasteiger partial charge is 0.481 e. The standard InChI is InChI=1S/C49H84N14O10/c1-26(2)21-35(60-45(70)36(22-27(3)4)61-46(71)37(23-28(5)6)62-47(72)38(24-39(65)66)57-30(9)64)44(69)58-34(14-12-20-55-49(53)54)43(68)63-40(29(7)8)48(73)59-33(13-10-11-19-50)42(67)56-25-31-15-17-32(18-16-31)41(51)52/h15-18,26-29,33-38,40H,10-14,19-25,50H2,1-9H3,(H3,51,52)(H,56,67)(H,57,64)(H,58,69)(H,59,73)(H,60,70)(H,61,71)(H,62,72)(H,63,68)(H,65,66)(H4,53,54,55)/t33-,34-,35-,36-,37-,38-,40-/m0/s1. The highest BCUT2D eigenvalue weighted by molar-refractivity contribution is 5.98. The van der Waals surface area contributed by atoms with Crippen molar-refractivity contribution >= 4 is 65.0 Å². The Morgan fingerprint density at radius 3 is 1.40 bits per heavy atom. The molecule has 0 aromatic heterocycles. The number of nitrogens with one attached hydrogen (secondary N) is 9. The number of hydrogen-bond acceptors (Lipinski definition) is 12. The number of nitrogens with zero attached hydrogens (tertiary/aromatic N) is 1. The molecule has 1 aromatic rings. The fourth-order valence-corrected chi connectivity index (χ4v) is 7.53. The second kappa shape index (κ2) is 33.0. The number of nitrogen functional groups attached to an aromatic ring is 1. The molecule has 7 atom stereocenters. The van der Waals surface area contributed by atoms with Crippen molar-refractivity contribution in [2.75, 3.05) is 13.1 Å². The Kier molecular flexibility index (Phi) is 29.0. The molecule has 0 saturated carbocycles. The smallest absolute Gasteiger partial charge is 0.305 e. The predicted molar refractivity (Wildman–Crippen MR) is 277 cm³/mol. The van der Waals surface area contributed by atoms with Gasteiger partial charge in [0.15, 0.2) is 5.96 Å². The van der Waals surface area contributed by atoms with Crippen LogP contribution in [0, 0.1) is 29.1 Å². The molecule has 0 radical (unpaired) electrons. The van der Waals surface area contributed by atoms with Crippen LogP contribution in [0.4, 0.5) is 0 Å². The molecule has 410 valence electrons. The van der Waals surface area contributed by atoms with Crippen LogP contribution < -0.4 is 65.5 Å². The number of carbonyl (C=O) groups is 9. The van der Waals surface area contributed by atoms with E-state index in [2.05, 4.69) is 47.5 Å². The summed E-state index contributed by atoms with van der Waals surface area (Å²) in [7, 11) is 0. The number of guanidine groups is 1. The van der Waals surface area contributed by atoms with Crippen molar-refractivity contribution in [2.24, 2.45) is 51.6 Å². The zero-order valence-electron chi connectivity index (χ0n) is 44.0. The first-order chi connectivity index (χ1) is 34.1. The number of hydrogen-bond donors (Lipinski definition) is 14. The highest BCUT2D eigenvalue weighted by Gasteiger charge is 2.35. The van der Waals surface area contributed by atoms with Gasteiger partial charge in [-0.3, -0.25) is 53.6 Å². The predicted octanol–water partition coefficient (Wildman–Crippen LogP) is -0.548. The molecule has 0 unspecified atom stereocenters. The first kappa shape index (κ1) is 64.2. The van der Waals surface area contributed by atoms with E-state index in [1.165, 1.54) is 0 Å². The first-order valence-corrected chi connectivity index (χ1v) is 24.9. The zero-order valence-corrected chi connectivity index (χ0v) is 44.0. The second-order valence-electron chi connectivity index (χ2n) is 19.8. The number of aliphatic imine (C=N–C) groups is 1. The Morgan fingerprint density at radius 2 is 0.986 bits per heavy atom. The number of aliphatic carboxylic acids is 1. The number of benzene rings is 1. The molecule has 18 N–H and O–H groups in total. The van der Waals surface area contributed by atoms with Gasteiger partial charge in [-0.2, -0.15) is 0 Å². The summed E-state index contributed by atoms with van der Waals surface area (Å²) in [6.45, 7) is 15.9. The second-order valence-corrected chi connectivity index (χ2v) is 19.8. The summed E-state index contributed by atoms with van der Waals surface area (Å²) < 4.78 is 0. The Bertz CT molecular complexity index is 2030. The molecule has 0 aliphatic carbocycles. The van der Waals surface area contributed by atoms with Gasteiger partial charge >= 0.3 is 5.97 Å². The average molecular weight is 1030 g/mol. The van der Waals surface area contributed by atoms with Crippen LogP contribution in [0.15, 0.2) is 29.3 Å².